The molecule has 0 saturated heterocycles. The molecule has 0 aromatic carbocycles. The Balaban J connectivity index is 4.06. The smallest absolute Gasteiger partial charge is 0.317 e. The number of carbonyl (C=O) groups is 1. The maximum absolute atomic E-state index is 10.4. The Morgan fingerprint density at radius 2 is 2.10 bits per heavy atom. The minimum atomic E-state index is -3.23. The quantitative estimate of drug-likeness (QED) is 0.575. The molecule has 0 aliphatic carbocycles. The van der Waals surface area contributed by atoms with Gasteiger partial charge in [-0.1, -0.05) is 0 Å². The molecule has 1 atom stereocenters. The molecule has 0 aromatic rings. The van der Waals surface area contributed by atoms with Gasteiger partial charge in [0.2, 0.25) is 0 Å². The predicted molar refractivity (Wildman–Crippen MR) is 40.1 cm³/mol. The fourth-order valence-electron chi connectivity index (χ4n) is 0.358. The molecule has 0 fully saturated rings. The van der Waals surface area contributed by atoms with Crippen LogP contribution in [0.25, 0.3) is 0 Å². The predicted octanol–water partition coefficient (Wildman–Crippen LogP) is -0.586. The van der Waals surface area contributed by atoms with Crippen LogP contribution in [0, 0.1) is 0 Å². The molecular weight excluding hydrogens is 176 g/mol. The summed E-state index contributed by atoms with van der Waals surface area (Å²) in [4.78, 5) is 10.0. The van der Waals surface area contributed by atoms with E-state index < -0.39 is 26.8 Å². The van der Waals surface area contributed by atoms with E-state index in [9.17, 15) is 13.2 Å². The normalized spacial score (nSPS) is 14.6. The number of carboxylic acid groups (broad SMARTS) is 1. The zero-order valence-electron chi connectivity index (χ0n) is 5.31. The summed E-state index contributed by atoms with van der Waals surface area (Å²) in [6, 6.07) is 0. The first-order chi connectivity index (χ1) is 4.33. The van der Waals surface area contributed by atoms with Gasteiger partial charge < -0.3 is 5.11 Å². The molecule has 0 rings (SSSR count). The molecule has 10 heavy (non-hydrogen) atoms. The van der Waals surface area contributed by atoms with Crippen LogP contribution in [-0.4, -0.2) is 36.8 Å². The second-order valence-corrected chi connectivity index (χ2v) is 4.75. The lowest BCUT2D eigenvalue weighted by Gasteiger charge is -2.00. The average molecular weight is 184 g/mol. The van der Waals surface area contributed by atoms with Crippen LogP contribution in [0.3, 0.4) is 0 Å². The highest BCUT2D eigenvalue weighted by Crippen LogP contribution is 1.98. The van der Waals surface area contributed by atoms with Gasteiger partial charge in [0.15, 0.2) is 0 Å². The Bertz CT molecular complexity index is 217. The summed E-state index contributed by atoms with van der Waals surface area (Å²) in [7, 11) is -3.23. The average Bonchev–Trinajstić information content (AvgIpc) is 1.60. The van der Waals surface area contributed by atoms with Gasteiger partial charge in [-0.15, -0.1) is 0 Å². The lowest BCUT2D eigenvalue weighted by atomic mass is 10.5. The number of aliphatic carboxylic acids is 1. The molecule has 0 bridgehead atoms. The van der Waals surface area contributed by atoms with Crippen molar-refractivity contribution in [3.8, 4) is 0 Å². The maximum atomic E-state index is 10.4. The van der Waals surface area contributed by atoms with E-state index in [-0.39, 0.29) is 0 Å². The minimum absolute atomic E-state index is 0.425. The molecule has 0 aliphatic rings. The molecule has 0 saturated carbocycles. The summed E-state index contributed by atoms with van der Waals surface area (Å²) >= 11 is 3.54. The monoisotopic (exact) mass is 184 g/mol. The van der Waals surface area contributed by atoms with Gasteiger partial charge in [-0.3, -0.25) is 4.79 Å². The molecule has 0 heterocycles. The third-order valence-electron chi connectivity index (χ3n) is 0.746. The highest BCUT2D eigenvalue weighted by molar-refractivity contribution is 7.92. The van der Waals surface area contributed by atoms with Crippen LogP contribution < -0.4 is 0 Å². The van der Waals surface area contributed by atoms with Gasteiger partial charge in [-0.2, -0.15) is 12.6 Å². The number of sulfone groups is 1. The molecule has 4 nitrogen and oxygen atoms in total. The van der Waals surface area contributed by atoms with Crippen molar-refractivity contribution in [2.45, 2.75) is 5.25 Å². The molecule has 0 aliphatic heterocycles. The van der Waals surface area contributed by atoms with Crippen LogP contribution in [-0.2, 0) is 14.6 Å². The zero-order chi connectivity index (χ0) is 8.36. The molecular formula is C4H8O4S2. The summed E-state index contributed by atoms with van der Waals surface area (Å²) in [5, 5.41) is 7.09. The number of hydrogen-bond donors (Lipinski definition) is 2. The molecule has 60 valence electrons. The summed E-state index contributed by atoms with van der Waals surface area (Å²) in [6.45, 7) is 0. The number of rotatable bonds is 3. The van der Waals surface area contributed by atoms with Crippen LogP contribution in [0.1, 0.15) is 0 Å². The van der Waals surface area contributed by atoms with Gasteiger partial charge >= 0.3 is 5.97 Å². The van der Waals surface area contributed by atoms with E-state index in [1.54, 1.807) is 0 Å². The molecule has 0 radical (unpaired) electrons. The van der Waals surface area contributed by atoms with Gasteiger partial charge in [0.25, 0.3) is 0 Å². The Hall–Kier alpha value is -0.230. The molecule has 0 spiro atoms. The van der Waals surface area contributed by atoms with E-state index in [1.807, 2.05) is 0 Å². The van der Waals surface area contributed by atoms with Gasteiger partial charge in [-0.25, -0.2) is 8.42 Å². The van der Waals surface area contributed by atoms with Crippen molar-refractivity contribution >= 4 is 28.4 Å². The Kier molecular flexibility index (Phi) is 3.17. The summed E-state index contributed by atoms with van der Waals surface area (Å²) in [5.74, 6) is -1.64. The fourth-order valence-corrected chi connectivity index (χ4v) is 1.89. The van der Waals surface area contributed by atoms with Gasteiger partial charge in [0.1, 0.15) is 15.1 Å². The number of carboxylic acids is 1. The maximum Gasteiger partial charge on any atom is 0.317 e. The van der Waals surface area contributed by atoms with E-state index in [4.69, 9.17) is 5.11 Å². The molecule has 1 unspecified atom stereocenters. The largest absolute Gasteiger partial charge is 0.480 e. The van der Waals surface area contributed by atoms with Crippen molar-refractivity contribution < 1.29 is 18.3 Å². The van der Waals surface area contributed by atoms with Gasteiger partial charge in [0, 0.05) is 6.26 Å². The Morgan fingerprint density at radius 1 is 1.70 bits per heavy atom. The van der Waals surface area contributed by atoms with E-state index in [0.717, 1.165) is 6.26 Å². The van der Waals surface area contributed by atoms with Crippen LogP contribution in [0.2, 0.25) is 0 Å². The minimum Gasteiger partial charge on any atom is -0.480 e. The first kappa shape index (κ1) is 9.77. The van der Waals surface area contributed by atoms with Crippen LogP contribution >= 0.6 is 12.6 Å². The van der Waals surface area contributed by atoms with Crippen molar-refractivity contribution in [1.29, 1.82) is 0 Å². The topological polar surface area (TPSA) is 71.4 Å². The first-order valence-corrected chi connectivity index (χ1v) is 4.99. The van der Waals surface area contributed by atoms with Crippen molar-refractivity contribution in [2.75, 3.05) is 12.0 Å². The SMILES string of the molecule is CS(=O)(=O)CC(S)C(=O)O. The fraction of sp³-hybridized carbons (Fsp3) is 0.750. The molecule has 0 amide bonds. The summed E-state index contributed by atoms with van der Waals surface area (Å²) < 4.78 is 20.9. The third kappa shape index (κ3) is 4.63. The summed E-state index contributed by atoms with van der Waals surface area (Å²) in [6.07, 6.45) is 0.971. The first-order valence-electron chi connectivity index (χ1n) is 2.41. The summed E-state index contributed by atoms with van der Waals surface area (Å²) in [5.41, 5.74) is 0. The van der Waals surface area contributed by atoms with Crippen molar-refractivity contribution in [2.24, 2.45) is 0 Å². The lowest BCUT2D eigenvalue weighted by Crippen LogP contribution is -2.23. The Labute approximate surface area is 64.6 Å². The van der Waals surface area contributed by atoms with Crippen LogP contribution in [0.5, 0.6) is 0 Å². The second kappa shape index (κ2) is 3.25. The van der Waals surface area contributed by atoms with E-state index in [1.165, 1.54) is 0 Å². The van der Waals surface area contributed by atoms with Crippen molar-refractivity contribution in [1.82, 2.24) is 0 Å². The van der Waals surface area contributed by atoms with Crippen LogP contribution in [0.4, 0.5) is 0 Å². The molecule has 1 N–H and O–H groups in total. The third-order valence-corrected chi connectivity index (χ3v) is 2.34. The number of thiol groups is 1. The highest BCUT2D eigenvalue weighted by atomic mass is 32.2. The van der Waals surface area contributed by atoms with E-state index >= 15 is 0 Å². The standard InChI is InChI=1S/C4H8O4S2/c1-10(7,8)2-3(9)4(5)6/h3,9H,2H2,1H3,(H,5,6). The van der Waals surface area contributed by atoms with Gasteiger partial charge in [0.05, 0.1) is 5.75 Å². The van der Waals surface area contributed by atoms with E-state index in [2.05, 4.69) is 12.6 Å². The highest BCUT2D eigenvalue weighted by Gasteiger charge is 2.17. The van der Waals surface area contributed by atoms with Crippen molar-refractivity contribution in [3.05, 3.63) is 0 Å². The van der Waals surface area contributed by atoms with Gasteiger partial charge in [-0.05, 0) is 0 Å². The lowest BCUT2D eigenvalue weighted by molar-refractivity contribution is -0.135. The zero-order valence-corrected chi connectivity index (χ0v) is 7.02. The molecule has 0 aromatic heterocycles. The van der Waals surface area contributed by atoms with Crippen LogP contribution in [0.15, 0.2) is 0 Å². The second-order valence-electron chi connectivity index (χ2n) is 1.95. The molecule has 6 heteroatoms. The Morgan fingerprint density at radius 3 is 2.20 bits per heavy atom. The van der Waals surface area contributed by atoms with E-state index in [0.29, 0.717) is 0 Å². The van der Waals surface area contributed by atoms with Crippen molar-refractivity contribution in [3.63, 3.8) is 0 Å². The number of hydrogen-bond acceptors (Lipinski definition) is 4.